The summed E-state index contributed by atoms with van der Waals surface area (Å²) in [4.78, 5) is 18.6. The number of likely N-dealkylation sites (tertiary alicyclic amines) is 1. The van der Waals surface area contributed by atoms with Crippen molar-refractivity contribution in [3.05, 3.63) is 46.9 Å². The summed E-state index contributed by atoms with van der Waals surface area (Å²) in [6, 6.07) is 5.66. The molecule has 4 heterocycles. The molecule has 2 aromatic rings. The maximum Gasteiger partial charge on any atom is 0.254 e. The Morgan fingerprint density at radius 3 is 3.21 bits per heavy atom. The second-order valence-electron chi connectivity index (χ2n) is 6.47. The fourth-order valence-electron chi connectivity index (χ4n) is 3.61. The molecule has 2 atom stereocenters. The zero-order chi connectivity index (χ0) is 16.4. The first kappa shape index (κ1) is 15.6. The number of carbonyl (C=O) groups is 1. The van der Waals surface area contributed by atoms with Gasteiger partial charge in [-0.15, -0.1) is 0 Å². The van der Waals surface area contributed by atoms with Crippen molar-refractivity contribution in [2.24, 2.45) is 0 Å². The van der Waals surface area contributed by atoms with Crippen LogP contribution in [0, 0.1) is 0 Å². The predicted octanol–water partition coefficient (Wildman–Crippen LogP) is 2.99. The molecule has 2 aliphatic heterocycles. The lowest BCUT2D eigenvalue weighted by atomic mass is 9.89. The first-order valence-electron chi connectivity index (χ1n) is 8.26. The van der Waals surface area contributed by atoms with Crippen LogP contribution in [-0.2, 0) is 4.74 Å². The molecule has 2 aliphatic rings. The van der Waals surface area contributed by atoms with E-state index in [4.69, 9.17) is 9.47 Å². The van der Waals surface area contributed by atoms with E-state index in [0.717, 1.165) is 37.1 Å². The SMILES string of the molecule is O=C(c1ccsc1)N1CCC[C@@]2(C[C@@H](Oc3cccnc3)CO2)C1. The Morgan fingerprint density at radius 2 is 2.42 bits per heavy atom. The molecule has 4 rings (SSSR count). The van der Waals surface area contributed by atoms with Gasteiger partial charge in [-0.25, -0.2) is 0 Å². The Hall–Kier alpha value is -1.92. The van der Waals surface area contributed by atoms with E-state index in [-0.39, 0.29) is 17.6 Å². The maximum atomic E-state index is 12.6. The van der Waals surface area contributed by atoms with Crippen LogP contribution in [0.15, 0.2) is 41.4 Å². The number of hydrogen-bond donors (Lipinski definition) is 0. The van der Waals surface area contributed by atoms with Crippen LogP contribution in [0.3, 0.4) is 0 Å². The predicted molar refractivity (Wildman–Crippen MR) is 91.4 cm³/mol. The average Bonchev–Trinajstić information content (AvgIpc) is 3.26. The Labute approximate surface area is 145 Å². The van der Waals surface area contributed by atoms with E-state index in [1.54, 1.807) is 23.7 Å². The highest BCUT2D eigenvalue weighted by Crippen LogP contribution is 2.36. The summed E-state index contributed by atoms with van der Waals surface area (Å²) >= 11 is 1.55. The quantitative estimate of drug-likeness (QED) is 0.859. The number of carbonyl (C=O) groups excluding carboxylic acids is 1. The Kier molecular flexibility index (Phi) is 4.24. The van der Waals surface area contributed by atoms with Crippen LogP contribution in [0.1, 0.15) is 29.6 Å². The van der Waals surface area contributed by atoms with Gasteiger partial charge in [-0.2, -0.15) is 11.3 Å². The molecule has 0 radical (unpaired) electrons. The molecule has 5 nitrogen and oxygen atoms in total. The number of aromatic nitrogens is 1. The normalized spacial score (nSPS) is 26.7. The lowest BCUT2D eigenvalue weighted by Crippen LogP contribution is -2.50. The average molecular weight is 344 g/mol. The van der Waals surface area contributed by atoms with E-state index in [1.807, 2.05) is 33.9 Å². The fraction of sp³-hybridized carbons (Fsp3) is 0.444. The van der Waals surface area contributed by atoms with E-state index < -0.39 is 0 Å². The molecule has 2 aromatic heterocycles. The largest absolute Gasteiger partial charge is 0.486 e. The maximum absolute atomic E-state index is 12.6. The van der Waals surface area contributed by atoms with Gasteiger partial charge in [0.25, 0.3) is 5.91 Å². The van der Waals surface area contributed by atoms with Crippen molar-refractivity contribution in [1.29, 1.82) is 0 Å². The van der Waals surface area contributed by atoms with Gasteiger partial charge in [0.05, 0.1) is 30.5 Å². The number of thiophene rings is 1. The van der Waals surface area contributed by atoms with Crippen molar-refractivity contribution in [2.75, 3.05) is 19.7 Å². The standard InChI is InChI=1S/C18H20N2O3S/c21-17(14-4-8-24-12-14)20-7-2-5-18(13-20)9-16(11-22-18)23-15-3-1-6-19-10-15/h1,3-4,6,8,10,12,16H,2,5,7,9,11,13H2/t16-,18-/m1/s1. The highest BCUT2D eigenvalue weighted by Gasteiger charge is 2.45. The highest BCUT2D eigenvalue weighted by molar-refractivity contribution is 7.08. The van der Waals surface area contributed by atoms with E-state index in [0.29, 0.717) is 13.2 Å². The Bertz CT molecular complexity index is 692. The molecule has 1 spiro atoms. The lowest BCUT2D eigenvalue weighted by molar-refractivity contribution is -0.0453. The van der Waals surface area contributed by atoms with E-state index in [2.05, 4.69) is 4.98 Å². The monoisotopic (exact) mass is 344 g/mol. The van der Waals surface area contributed by atoms with Crippen LogP contribution < -0.4 is 4.74 Å². The van der Waals surface area contributed by atoms with Crippen molar-refractivity contribution in [2.45, 2.75) is 31.0 Å². The first-order chi connectivity index (χ1) is 11.7. The smallest absolute Gasteiger partial charge is 0.254 e. The number of nitrogens with zero attached hydrogens (tertiary/aromatic N) is 2. The number of piperidine rings is 1. The lowest BCUT2D eigenvalue weighted by Gasteiger charge is -2.39. The molecule has 0 aromatic carbocycles. The Balaban J connectivity index is 1.41. The third-order valence-corrected chi connectivity index (χ3v) is 5.39. The second-order valence-corrected chi connectivity index (χ2v) is 7.25. The second kappa shape index (κ2) is 6.53. The summed E-state index contributed by atoms with van der Waals surface area (Å²) in [6.45, 7) is 2.01. The van der Waals surface area contributed by atoms with Gasteiger partial charge >= 0.3 is 0 Å². The van der Waals surface area contributed by atoms with Gasteiger partial charge in [-0.3, -0.25) is 9.78 Å². The summed E-state index contributed by atoms with van der Waals surface area (Å²) in [5.74, 6) is 0.876. The summed E-state index contributed by atoms with van der Waals surface area (Å²) in [5, 5.41) is 3.85. The molecule has 1 amide bonds. The minimum atomic E-state index is -0.267. The molecule has 126 valence electrons. The van der Waals surface area contributed by atoms with Crippen LogP contribution in [0.4, 0.5) is 0 Å². The van der Waals surface area contributed by atoms with Gasteiger partial charge in [-0.05, 0) is 36.4 Å². The van der Waals surface area contributed by atoms with Gasteiger partial charge in [0.2, 0.25) is 0 Å². The van der Waals surface area contributed by atoms with E-state index >= 15 is 0 Å². The van der Waals surface area contributed by atoms with E-state index in [1.165, 1.54) is 0 Å². The minimum Gasteiger partial charge on any atom is -0.486 e. The van der Waals surface area contributed by atoms with Gasteiger partial charge in [0.1, 0.15) is 11.9 Å². The molecule has 6 heteroatoms. The number of ether oxygens (including phenoxy) is 2. The van der Waals surface area contributed by atoms with Crippen LogP contribution in [-0.4, -0.2) is 47.2 Å². The topological polar surface area (TPSA) is 51.7 Å². The van der Waals surface area contributed by atoms with Gasteiger partial charge in [0, 0.05) is 24.5 Å². The molecule has 0 N–H and O–H groups in total. The fourth-order valence-corrected chi connectivity index (χ4v) is 4.24. The molecule has 24 heavy (non-hydrogen) atoms. The van der Waals surface area contributed by atoms with Crippen LogP contribution in [0.2, 0.25) is 0 Å². The minimum absolute atomic E-state index is 0.0189. The molecule has 0 unspecified atom stereocenters. The van der Waals surface area contributed by atoms with Crippen molar-refractivity contribution in [1.82, 2.24) is 9.88 Å². The number of pyridine rings is 1. The van der Waals surface area contributed by atoms with Crippen molar-refractivity contribution < 1.29 is 14.3 Å². The highest BCUT2D eigenvalue weighted by atomic mass is 32.1. The first-order valence-corrected chi connectivity index (χ1v) is 9.21. The van der Waals surface area contributed by atoms with Crippen LogP contribution in [0.25, 0.3) is 0 Å². The van der Waals surface area contributed by atoms with Crippen molar-refractivity contribution in [3.63, 3.8) is 0 Å². The van der Waals surface area contributed by atoms with Crippen LogP contribution >= 0.6 is 11.3 Å². The Morgan fingerprint density at radius 1 is 1.46 bits per heavy atom. The molecule has 0 saturated carbocycles. The number of amides is 1. The molecular formula is C18H20N2O3S. The summed E-state index contributed by atoms with van der Waals surface area (Å²) in [5.41, 5.74) is 0.509. The zero-order valence-corrected chi connectivity index (χ0v) is 14.2. The van der Waals surface area contributed by atoms with Crippen molar-refractivity contribution in [3.8, 4) is 5.75 Å². The molecule has 0 bridgehead atoms. The third kappa shape index (κ3) is 3.16. The summed E-state index contributed by atoms with van der Waals surface area (Å²) < 4.78 is 12.1. The molecule has 2 saturated heterocycles. The zero-order valence-electron chi connectivity index (χ0n) is 13.4. The van der Waals surface area contributed by atoms with Crippen molar-refractivity contribution >= 4 is 17.2 Å². The van der Waals surface area contributed by atoms with Gasteiger partial charge in [-0.1, -0.05) is 0 Å². The summed E-state index contributed by atoms with van der Waals surface area (Å²) in [6.07, 6.45) is 6.23. The molecule has 0 aliphatic carbocycles. The summed E-state index contributed by atoms with van der Waals surface area (Å²) in [7, 11) is 0. The van der Waals surface area contributed by atoms with Gasteiger partial charge in [0.15, 0.2) is 0 Å². The van der Waals surface area contributed by atoms with Gasteiger partial charge < -0.3 is 14.4 Å². The number of rotatable bonds is 3. The van der Waals surface area contributed by atoms with Crippen LogP contribution in [0.5, 0.6) is 5.75 Å². The molecule has 2 fully saturated rings. The third-order valence-electron chi connectivity index (χ3n) is 4.71. The van der Waals surface area contributed by atoms with E-state index in [9.17, 15) is 4.79 Å². The molecular weight excluding hydrogens is 324 g/mol. The number of hydrogen-bond acceptors (Lipinski definition) is 5.